The van der Waals surface area contributed by atoms with Crippen molar-refractivity contribution in [2.24, 2.45) is 0 Å². The van der Waals surface area contributed by atoms with Gasteiger partial charge in [-0.3, -0.25) is 9.59 Å². The van der Waals surface area contributed by atoms with Gasteiger partial charge in [-0.2, -0.15) is 0 Å². The number of halogens is 2. The maximum absolute atomic E-state index is 13.7. The Labute approximate surface area is 173 Å². The van der Waals surface area contributed by atoms with Crippen LogP contribution in [0.4, 0.5) is 10.1 Å². The minimum atomic E-state index is -0.312. The average Bonchev–Trinajstić information content (AvgIpc) is 2.68. The predicted octanol–water partition coefficient (Wildman–Crippen LogP) is 3.47. The molecule has 8 heteroatoms. The van der Waals surface area contributed by atoms with Crippen molar-refractivity contribution in [1.82, 2.24) is 10.2 Å². The largest absolute Gasteiger partial charge is 0.329 e. The van der Waals surface area contributed by atoms with E-state index < -0.39 is 0 Å². The highest BCUT2D eigenvalue weighted by Gasteiger charge is 2.30. The van der Waals surface area contributed by atoms with E-state index in [0.717, 1.165) is 10.5 Å². The molecule has 0 spiro atoms. The number of rotatable bonds is 2. The summed E-state index contributed by atoms with van der Waals surface area (Å²) in [6, 6.07) is 11.5. The van der Waals surface area contributed by atoms with Gasteiger partial charge in [0.2, 0.25) is 5.91 Å². The lowest BCUT2D eigenvalue weighted by atomic mass is 10.0. The predicted molar refractivity (Wildman–Crippen MR) is 111 cm³/mol. The van der Waals surface area contributed by atoms with Gasteiger partial charge in [-0.05, 0) is 42.8 Å². The first-order valence-electron chi connectivity index (χ1n) is 8.91. The highest BCUT2D eigenvalue weighted by atomic mass is 35.5. The van der Waals surface area contributed by atoms with Crippen LogP contribution in [-0.4, -0.2) is 41.6 Å². The van der Waals surface area contributed by atoms with Crippen molar-refractivity contribution in [3.8, 4) is 0 Å². The van der Waals surface area contributed by atoms with Gasteiger partial charge in [0.15, 0.2) is 0 Å². The van der Waals surface area contributed by atoms with Crippen molar-refractivity contribution in [1.29, 1.82) is 0 Å². The Kier molecular flexibility index (Phi) is 6.27. The third-order valence-corrected chi connectivity index (χ3v) is 6.07. The van der Waals surface area contributed by atoms with E-state index in [4.69, 9.17) is 0 Å². The fourth-order valence-corrected chi connectivity index (χ4v) is 4.40. The molecule has 28 heavy (non-hydrogen) atoms. The first-order chi connectivity index (χ1) is 13.0. The molecule has 2 aromatic carbocycles. The lowest BCUT2D eigenvalue weighted by molar-refractivity contribution is -0.115. The molecule has 1 saturated heterocycles. The number of hydrogen-bond acceptors (Lipinski definition) is 4. The zero-order valence-corrected chi connectivity index (χ0v) is 16.9. The fraction of sp³-hybridized carbons (Fsp3) is 0.300. The lowest BCUT2D eigenvalue weighted by Gasteiger charge is -2.37. The van der Waals surface area contributed by atoms with Crippen LogP contribution in [0.3, 0.4) is 0 Å². The van der Waals surface area contributed by atoms with Crippen LogP contribution in [0.15, 0.2) is 47.4 Å². The van der Waals surface area contributed by atoms with E-state index in [0.29, 0.717) is 30.9 Å². The summed E-state index contributed by atoms with van der Waals surface area (Å²) in [5.74, 6) is -0.489. The van der Waals surface area contributed by atoms with Gasteiger partial charge >= 0.3 is 0 Å². The van der Waals surface area contributed by atoms with E-state index >= 15 is 0 Å². The first kappa shape index (κ1) is 20.6. The lowest BCUT2D eigenvalue weighted by Crippen LogP contribution is -2.48. The fourth-order valence-electron chi connectivity index (χ4n) is 3.47. The smallest absolute Gasteiger partial charge is 0.254 e. The third-order valence-electron chi connectivity index (χ3n) is 4.90. The third kappa shape index (κ3) is 4.01. The Bertz CT molecular complexity index is 911. The van der Waals surface area contributed by atoms with Crippen LogP contribution in [0, 0.1) is 5.82 Å². The molecule has 2 heterocycles. The molecule has 2 amide bonds. The SMILES string of the molecule is CC1Sc2ccc(C(=O)N3CCNCC3c3cccc(F)c3)cc2NC1=O.Cl. The second-order valence-electron chi connectivity index (χ2n) is 6.73. The molecule has 1 fully saturated rings. The molecule has 2 aliphatic rings. The topological polar surface area (TPSA) is 61.4 Å². The number of amides is 2. The van der Waals surface area contributed by atoms with E-state index in [1.165, 1.54) is 23.9 Å². The molecule has 0 bridgehead atoms. The summed E-state index contributed by atoms with van der Waals surface area (Å²) >= 11 is 1.49. The minimum Gasteiger partial charge on any atom is -0.329 e. The summed E-state index contributed by atoms with van der Waals surface area (Å²) in [7, 11) is 0. The van der Waals surface area contributed by atoms with E-state index in [1.54, 1.807) is 23.1 Å². The van der Waals surface area contributed by atoms with Gasteiger partial charge in [-0.15, -0.1) is 24.2 Å². The number of carbonyl (C=O) groups excluding carboxylic acids is 2. The van der Waals surface area contributed by atoms with Crippen molar-refractivity contribution in [2.75, 3.05) is 25.0 Å². The van der Waals surface area contributed by atoms with Gasteiger partial charge in [0.05, 0.1) is 17.0 Å². The average molecular weight is 422 g/mol. The van der Waals surface area contributed by atoms with Gasteiger partial charge in [0.1, 0.15) is 5.82 Å². The van der Waals surface area contributed by atoms with Crippen LogP contribution in [0.5, 0.6) is 0 Å². The molecule has 0 aliphatic carbocycles. The number of fused-ring (bicyclic) bond motifs is 1. The Balaban J connectivity index is 0.00000225. The summed E-state index contributed by atoms with van der Waals surface area (Å²) in [5, 5.41) is 5.99. The van der Waals surface area contributed by atoms with Crippen LogP contribution in [-0.2, 0) is 4.79 Å². The Morgan fingerprint density at radius 3 is 2.86 bits per heavy atom. The van der Waals surface area contributed by atoms with Gasteiger partial charge in [0, 0.05) is 30.1 Å². The highest BCUT2D eigenvalue weighted by Crippen LogP contribution is 2.36. The van der Waals surface area contributed by atoms with Crippen molar-refractivity contribution in [2.45, 2.75) is 23.1 Å². The maximum atomic E-state index is 13.7. The van der Waals surface area contributed by atoms with Crippen LogP contribution < -0.4 is 10.6 Å². The standard InChI is InChI=1S/C20H20FN3O2S.ClH/c1-12-19(25)23-16-10-14(5-6-18(16)27-12)20(26)24-8-7-22-11-17(24)13-3-2-4-15(21)9-13;/h2-6,9-10,12,17,22H,7-8,11H2,1H3,(H,23,25);1H. The van der Waals surface area contributed by atoms with Crippen LogP contribution in [0.2, 0.25) is 0 Å². The molecular weight excluding hydrogens is 401 g/mol. The molecule has 2 atom stereocenters. The number of carbonyl (C=O) groups is 2. The molecule has 2 unspecified atom stereocenters. The van der Waals surface area contributed by atoms with Crippen molar-refractivity contribution < 1.29 is 14.0 Å². The van der Waals surface area contributed by atoms with E-state index in [9.17, 15) is 14.0 Å². The van der Waals surface area contributed by atoms with E-state index in [-0.39, 0.29) is 41.3 Å². The minimum absolute atomic E-state index is 0. The molecule has 2 N–H and O–H groups in total. The number of piperazine rings is 1. The van der Waals surface area contributed by atoms with Crippen LogP contribution >= 0.6 is 24.2 Å². The number of thioether (sulfide) groups is 1. The van der Waals surface area contributed by atoms with E-state index in [1.807, 2.05) is 19.1 Å². The number of anilines is 1. The highest BCUT2D eigenvalue weighted by molar-refractivity contribution is 8.00. The van der Waals surface area contributed by atoms with Gasteiger partial charge in [-0.1, -0.05) is 12.1 Å². The summed E-state index contributed by atoms with van der Waals surface area (Å²) in [5.41, 5.74) is 1.96. The maximum Gasteiger partial charge on any atom is 0.254 e. The zero-order chi connectivity index (χ0) is 19.0. The van der Waals surface area contributed by atoms with Crippen molar-refractivity contribution in [3.05, 3.63) is 59.4 Å². The van der Waals surface area contributed by atoms with Crippen molar-refractivity contribution >= 4 is 41.7 Å². The summed E-state index contributed by atoms with van der Waals surface area (Å²) in [6.07, 6.45) is 0. The van der Waals surface area contributed by atoms with Crippen LogP contribution in [0.25, 0.3) is 0 Å². The quantitative estimate of drug-likeness (QED) is 0.779. The van der Waals surface area contributed by atoms with E-state index in [2.05, 4.69) is 10.6 Å². The molecule has 148 valence electrons. The molecule has 5 nitrogen and oxygen atoms in total. The number of benzene rings is 2. The van der Waals surface area contributed by atoms with Crippen LogP contribution in [0.1, 0.15) is 28.9 Å². The number of nitrogens with zero attached hydrogens (tertiary/aromatic N) is 1. The van der Waals surface area contributed by atoms with Gasteiger partial charge in [0.25, 0.3) is 5.91 Å². The molecule has 2 aliphatic heterocycles. The number of hydrogen-bond donors (Lipinski definition) is 2. The van der Waals surface area contributed by atoms with Gasteiger partial charge in [-0.25, -0.2) is 4.39 Å². The molecule has 0 radical (unpaired) electrons. The second-order valence-corrected chi connectivity index (χ2v) is 8.12. The summed E-state index contributed by atoms with van der Waals surface area (Å²) in [4.78, 5) is 27.9. The monoisotopic (exact) mass is 421 g/mol. The Hall–Kier alpha value is -2.09. The first-order valence-corrected chi connectivity index (χ1v) is 9.79. The van der Waals surface area contributed by atoms with Gasteiger partial charge < -0.3 is 15.5 Å². The number of nitrogens with one attached hydrogen (secondary N) is 2. The second kappa shape index (κ2) is 8.51. The Morgan fingerprint density at radius 2 is 2.07 bits per heavy atom. The molecule has 4 rings (SSSR count). The molecule has 0 saturated carbocycles. The normalized spacial score (nSPS) is 21.4. The molecule has 2 aromatic rings. The Morgan fingerprint density at radius 1 is 1.25 bits per heavy atom. The summed E-state index contributed by atoms with van der Waals surface area (Å²) < 4.78 is 13.7. The molecule has 0 aromatic heterocycles. The summed E-state index contributed by atoms with van der Waals surface area (Å²) in [6.45, 7) is 3.65. The zero-order valence-electron chi connectivity index (χ0n) is 15.3. The van der Waals surface area contributed by atoms with Crippen molar-refractivity contribution in [3.63, 3.8) is 0 Å². The molecular formula is C20H21ClFN3O2S.